The van der Waals surface area contributed by atoms with Crippen LogP contribution in [0.1, 0.15) is 11.4 Å². The van der Waals surface area contributed by atoms with E-state index in [9.17, 15) is 0 Å². The lowest BCUT2D eigenvalue weighted by Gasteiger charge is -1.96. The molecule has 0 unspecified atom stereocenters. The molecule has 0 amide bonds. The molecule has 2 aromatic rings. The van der Waals surface area contributed by atoms with E-state index in [-0.39, 0.29) is 0 Å². The Morgan fingerprint density at radius 2 is 2.35 bits per heavy atom. The summed E-state index contributed by atoms with van der Waals surface area (Å²) in [5.41, 5.74) is 0.980. The van der Waals surface area contributed by atoms with Gasteiger partial charge in [-0.15, -0.1) is 11.3 Å². The molecule has 88 valence electrons. The summed E-state index contributed by atoms with van der Waals surface area (Å²) in [7, 11) is 3.59. The van der Waals surface area contributed by atoms with Gasteiger partial charge in [-0.1, -0.05) is 5.92 Å². The SMILES string of the molecule is CNCCC#Cc1nc2ccc(OC)cc2s1. The number of hydrogen-bond donors (Lipinski definition) is 1. The predicted octanol–water partition coefficient (Wildman–Crippen LogP) is 2.27. The molecule has 3 nitrogen and oxygen atoms in total. The molecular formula is C13H14N2OS. The van der Waals surface area contributed by atoms with Crippen molar-refractivity contribution in [2.24, 2.45) is 0 Å². The maximum Gasteiger partial charge on any atom is 0.168 e. The first-order chi connectivity index (χ1) is 8.33. The number of fused-ring (bicyclic) bond motifs is 1. The third kappa shape index (κ3) is 2.96. The van der Waals surface area contributed by atoms with Crippen LogP contribution in [-0.4, -0.2) is 25.7 Å². The van der Waals surface area contributed by atoms with Gasteiger partial charge in [0.05, 0.1) is 17.3 Å². The molecule has 17 heavy (non-hydrogen) atoms. The molecule has 0 saturated heterocycles. The molecule has 0 aliphatic heterocycles. The summed E-state index contributed by atoms with van der Waals surface area (Å²) in [5, 5.41) is 3.92. The van der Waals surface area contributed by atoms with E-state index >= 15 is 0 Å². The average Bonchev–Trinajstić information content (AvgIpc) is 2.76. The first-order valence-corrected chi connectivity index (χ1v) is 6.23. The van der Waals surface area contributed by atoms with Crippen LogP contribution in [-0.2, 0) is 0 Å². The largest absolute Gasteiger partial charge is 0.497 e. The summed E-state index contributed by atoms with van der Waals surface area (Å²) >= 11 is 1.60. The van der Waals surface area contributed by atoms with Crippen molar-refractivity contribution in [3.05, 3.63) is 23.2 Å². The average molecular weight is 246 g/mol. The molecule has 0 aliphatic rings. The number of ether oxygens (including phenoxy) is 1. The molecule has 0 spiro atoms. The minimum atomic E-state index is 0.843. The summed E-state index contributed by atoms with van der Waals surface area (Å²) in [6.45, 7) is 0.908. The lowest BCUT2D eigenvalue weighted by molar-refractivity contribution is 0.415. The zero-order chi connectivity index (χ0) is 12.1. The van der Waals surface area contributed by atoms with Crippen LogP contribution in [0.15, 0.2) is 18.2 Å². The first-order valence-electron chi connectivity index (χ1n) is 5.41. The van der Waals surface area contributed by atoms with Gasteiger partial charge in [0.25, 0.3) is 0 Å². The van der Waals surface area contributed by atoms with Crippen LogP contribution in [0.4, 0.5) is 0 Å². The van der Waals surface area contributed by atoms with E-state index in [4.69, 9.17) is 4.74 Å². The molecule has 0 aliphatic carbocycles. The first kappa shape index (κ1) is 11.9. The lowest BCUT2D eigenvalue weighted by atomic mass is 10.3. The summed E-state index contributed by atoms with van der Waals surface area (Å²) in [4.78, 5) is 4.45. The van der Waals surface area contributed by atoms with Gasteiger partial charge in [0.15, 0.2) is 5.01 Å². The molecule has 0 fully saturated rings. The minimum absolute atomic E-state index is 0.843. The van der Waals surface area contributed by atoms with Crippen LogP contribution in [0.2, 0.25) is 0 Å². The maximum atomic E-state index is 5.18. The number of benzene rings is 1. The van der Waals surface area contributed by atoms with E-state index in [2.05, 4.69) is 22.1 Å². The normalized spacial score (nSPS) is 10.0. The standard InChI is InChI=1S/C13H14N2OS/c1-14-8-4-3-5-13-15-11-7-6-10(16-2)9-12(11)17-13/h6-7,9,14H,4,8H2,1-2H3. The van der Waals surface area contributed by atoms with Crippen molar-refractivity contribution in [1.29, 1.82) is 0 Å². The summed E-state index contributed by atoms with van der Waals surface area (Å²) in [5.74, 6) is 7.04. The zero-order valence-corrected chi connectivity index (χ0v) is 10.7. The van der Waals surface area contributed by atoms with Crippen LogP contribution >= 0.6 is 11.3 Å². The fourth-order valence-electron chi connectivity index (χ4n) is 1.41. The van der Waals surface area contributed by atoms with Crippen molar-refractivity contribution in [2.45, 2.75) is 6.42 Å². The Morgan fingerprint density at radius 3 is 3.12 bits per heavy atom. The molecule has 1 aromatic carbocycles. The Morgan fingerprint density at radius 1 is 1.47 bits per heavy atom. The van der Waals surface area contributed by atoms with Crippen molar-refractivity contribution in [3.8, 4) is 17.6 Å². The molecule has 0 bridgehead atoms. The van der Waals surface area contributed by atoms with Crippen LogP contribution in [0.3, 0.4) is 0 Å². The van der Waals surface area contributed by atoms with Gasteiger partial charge in [-0.25, -0.2) is 4.98 Å². The topological polar surface area (TPSA) is 34.2 Å². The Bertz CT molecular complexity index is 566. The van der Waals surface area contributed by atoms with E-state index in [1.165, 1.54) is 0 Å². The van der Waals surface area contributed by atoms with Crippen molar-refractivity contribution < 1.29 is 4.74 Å². The van der Waals surface area contributed by atoms with Gasteiger partial charge < -0.3 is 10.1 Å². The smallest absolute Gasteiger partial charge is 0.168 e. The molecular weight excluding hydrogens is 232 g/mol. The third-order valence-corrected chi connectivity index (χ3v) is 3.22. The van der Waals surface area contributed by atoms with Crippen LogP contribution in [0.5, 0.6) is 5.75 Å². The number of nitrogens with one attached hydrogen (secondary N) is 1. The van der Waals surface area contributed by atoms with E-state index in [0.29, 0.717) is 0 Å². The number of aromatic nitrogens is 1. The van der Waals surface area contributed by atoms with Crippen LogP contribution in [0.25, 0.3) is 10.2 Å². The van der Waals surface area contributed by atoms with Gasteiger partial charge in [0, 0.05) is 13.0 Å². The molecule has 0 saturated carbocycles. The molecule has 1 aromatic heterocycles. The molecule has 1 heterocycles. The number of methoxy groups -OCH3 is 1. The monoisotopic (exact) mass is 246 g/mol. The van der Waals surface area contributed by atoms with Crippen LogP contribution < -0.4 is 10.1 Å². The summed E-state index contributed by atoms with van der Waals surface area (Å²) in [6.07, 6.45) is 0.843. The molecule has 0 atom stereocenters. The molecule has 2 rings (SSSR count). The highest BCUT2D eigenvalue weighted by atomic mass is 32.1. The quantitative estimate of drug-likeness (QED) is 0.666. The van der Waals surface area contributed by atoms with E-state index in [1.54, 1.807) is 18.4 Å². The van der Waals surface area contributed by atoms with Crippen LogP contribution in [0, 0.1) is 11.8 Å². The van der Waals surface area contributed by atoms with Crippen molar-refractivity contribution in [1.82, 2.24) is 10.3 Å². The number of hydrogen-bond acceptors (Lipinski definition) is 4. The number of rotatable bonds is 3. The second kappa shape index (κ2) is 5.67. The van der Waals surface area contributed by atoms with Gasteiger partial charge >= 0.3 is 0 Å². The van der Waals surface area contributed by atoms with Gasteiger partial charge in [-0.05, 0) is 31.2 Å². The second-order valence-corrected chi connectivity index (χ2v) is 4.54. The highest BCUT2D eigenvalue weighted by Gasteiger charge is 2.02. The van der Waals surface area contributed by atoms with Gasteiger partial charge in [-0.3, -0.25) is 0 Å². The fraction of sp³-hybridized carbons (Fsp3) is 0.308. The summed E-state index contributed by atoms with van der Waals surface area (Å²) < 4.78 is 6.29. The second-order valence-electron chi connectivity index (χ2n) is 3.51. The number of thiazole rings is 1. The molecule has 0 radical (unpaired) electrons. The van der Waals surface area contributed by atoms with Gasteiger partial charge in [-0.2, -0.15) is 0 Å². The Kier molecular flexibility index (Phi) is 3.97. The fourth-order valence-corrected chi connectivity index (χ4v) is 2.28. The van der Waals surface area contributed by atoms with E-state index < -0.39 is 0 Å². The Labute approximate surface area is 105 Å². The van der Waals surface area contributed by atoms with Crippen molar-refractivity contribution in [3.63, 3.8) is 0 Å². The molecule has 1 N–H and O–H groups in total. The maximum absolute atomic E-state index is 5.18. The van der Waals surface area contributed by atoms with E-state index in [1.807, 2.05) is 25.2 Å². The van der Waals surface area contributed by atoms with Crippen molar-refractivity contribution in [2.75, 3.05) is 20.7 Å². The predicted molar refractivity (Wildman–Crippen MR) is 71.6 cm³/mol. The highest BCUT2D eigenvalue weighted by molar-refractivity contribution is 7.19. The van der Waals surface area contributed by atoms with Gasteiger partial charge in [0.1, 0.15) is 5.75 Å². The van der Waals surface area contributed by atoms with Gasteiger partial charge in [0.2, 0.25) is 0 Å². The Hall–Kier alpha value is -1.57. The summed E-state index contributed by atoms with van der Waals surface area (Å²) in [6, 6.07) is 5.87. The number of nitrogens with zero attached hydrogens (tertiary/aromatic N) is 1. The lowest BCUT2D eigenvalue weighted by Crippen LogP contribution is -2.05. The zero-order valence-electron chi connectivity index (χ0n) is 9.91. The Balaban J connectivity index is 2.21. The highest BCUT2D eigenvalue weighted by Crippen LogP contribution is 2.25. The minimum Gasteiger partial charge on any atom is -0.497 e. The van der Waals surface area contributed by atoms with Crippen molar-refractivity contribution >= 4 is 21.6 Å². The third-order valence-electron chi connectivity index (χ3n) is 2.29. The van der Waals surface area contributed by atoms with E-state index in [0.717, 1.165) is 33.9 Å². The molecule has 4 heteroatoms.